The average Bonchev–Trinajstić information content (AvgIpc) is 3.28. The molecular formula is C19H32O4S2. The summed E-state index contributed by atoms with van der Waals surface area (Å²) in [6.07, 6.45) is 9.21. The predicted octanol–water partition coefficient (Wildman–Crippen LogP) is 5.34. The van der Waals surface area contributed by atoms with E-state index in [0.29, 0.717) is 25.0 Å². The van der Waals surface area contributed by atoms with E-state index in [1.807, 2.05) is 22.9 Å². The average molecular weight is 389 g/mol. The first kappa shape index (κ1) is 22.3. The molecule has 0 bridgehead atoms. The molecule has 0 amide bonds. The Hall–Kier alpha value is -0.720. The van der Waals surface area contributed by atoms with Crippen LogP contribution in [0.15, 0.2) is 22.9 Å². The van der Waals surface area contributed by atoms with E-state index in [1.54, 1.807) is 11.3 Å². The minimum Gasteiger partial charge on any atom is -0.300 e. The summed E-state index contributed by atoms with van der Waals surface area (Å²) < 4.78 is 28.7. The molecule has 0 unspecified atom stereocenters. The highest BCUT2D eigenvalue weighted by Gasteiger charge is 2.22. The Morgan fingerprint density at radius 3 is 2.24 bits per heavy atom. The van der Waals surface area contributed by atoms with Crippen molar-refractivity contribution >= 4 is 27.2 Å². The van der Waals surface area contributed by atoms with Crippen LogP contribution < -0.4 is 0 Å². The number of hydrogen-bond acceptors (Lipinski definition) is 5. The van der Waals surface area contributed by atoms with Crippen molar-refractivity contribution in [2.24, 2.45) is 0 Å². The predicted molar refractivity (Wildman–Crippen MR) is 104 cm³/mol. The number of thiophene rings is 1. The van der Waals surface area contributed by atoms with Gasteiger partial charge in [0.1, 0.15) is 5.78 Å². The van der Waals surface area contributed by atoms with Gasteiger partial charge in [0, 0.05) is 12.8 Å². The summed E-state index contributed by atoms with van der Waals surface area (Å²) in [4.78, 5) is 11.4. The summed E-state index contributed by atoms with van der Waals surface area (Å²) >= 11 is 1.71. The fraction of sp³-hybridized carbons (Fsp3) is 0.737. The molecule has 25 heavy (non-hydrogen) atoms. The number of carbonyl (C=O) groups is 1. The molecule has 0 radical (unpaired) electrons. The van der Waals surface area contributed by atoms with Crippen LogP contribution in [-0.2, 0) is 19.1 Å². The molecule has 1 aliphatic rings. The van der Waals surface area contributed by atoms with E-state index in [9.17, 15) is 13.2 Å². The highest BCUT2D eigenvalue weighted by molar-refractivity contribution is 7.86. The standard InChI is InChI=1S/C15H28O4S.C4H4S/c1-2-3-9-14(16)10-5-4-8-13-20(17,18)19-15-11-6-7-12-15;1-2-4-5-3-1/h15H,2-13H2,1H3;1-4H. The maximum absolute atomic E-state index is 11.7. The van der Waals surface area contributed by atoms with Gasteiger partial charge in [-0.1, -0.05) is 44.7 Å². The first-order valence-corrected chi connectivity index (χ1v) is 12.0. The number of Topliss-reactive ketones (excluding diaryl/α,β-unsaturated/α-hetero) is 1. The fourth-order valence-corrected chi connectivity index (χ4v) is 4.46. The quantitative estimate of drug-likeness (QED) is 0.379. The van der Waals surface area contributed by atoms with E-state index in [2.05, 4.69) is 6.92 Å². The lowest BCUT2D eigenvalue weighted by Crippen LogP contribution is -2.18. The zero-order valence-corrected chi connectivity index (χ0v) is 17.0. The van der Waals surface area contributed by atoms with Crippen LogP contribution in [0.5, 0.6) is 0 Å². The van der Waals surface area contributed by atoms with Gasteiger partial charge in [0.2, 0.25) is 0 Å². The largest absolute Gasteiger partial charge is 0.300 e. The molecular weight excluding hydrogens is 356 g/mol. The zero-order chi connectivity index (χ0) is 18.4. The number of unbranched alkanes of at least 4 members (excludes halogenated alkanes) is 3. The molecule has 0 saturated heterocycles. The van der Waals surface area contributed by atoms with Gasteiger partial charge in [-0.15, -0.1) is 0 Å². The van der Waals surface area contributed by atoms with Gasteiger partial charge >= 0.3 is 0 Å². The molecule has 0 N–H and O–H groups in total. The number of hydrogen-bond donors (Lipinski definition) is 0. The number of ketones is 1. The summed E-state index contributed by atoms with van der Waals surface area (Å²) in [5.74, 6) is 0.393. The van der Waals surface area contributed by atoms with Gasteiger partial charge in [-0.2, -0.15) is 19.8 Å². The molecule has 1 aromatic heterocycles. The summed E-state index contributed by atoms with van der Waals surface area (Å²) in [7, 11) is -3.36. The van der Waals surface area contributed by atoms with E-state index in [4.69, 9.17) is 4.18 Å². The van der Waals surface area contributed by atoms with Crippen molar-refractivity contribution in [1.29, 1.82) is 0 Å². The number of rotatable bonds is 11. The van der Waals surface area contributed by atoms with Crippen LogP contribution in [0, 0.1) is 0 Å². The Morgan fingerprint density at radius 1 is 1.04 bits per heavy atom. The second kappa shape index (κ2) is 13.5. The summed E-state index contributed by atoms with van der Waals surface area (Å²) in [6, 6.07) is 4.04. The third kappa shape index (κ3) is 12.3. The van der Waals surface area contributed by atoms with E-state index in [1.165, 1.54) is 0 Å². The molecule has 6 heteroatoms. The smallest absolute Gasteiger partial charge is 0.267 e. The number of carbonyl (C=O) groups excluding carboxylic acids is 1. The van der Waals surface area contributed by atoms with Gasteiger partial charge < -0.3 is 0 Å². The van der Waals surface area contributed by atoms with Crippen LogP contribution in [0.4, 0.5) is 0 Å². The van der Waals surface area contributed by atoms with Crippen molar-refractivity contribution in [3.63, 3.8) is 0 Å². The van der Waals surface area contributed by atoms with E-state index in [0.717, 1.165) is 51.4 Å². The van der Waals surface area contributed by atoms with Crippen LogP contribution in [0.3, 0.4) is 0 Å². The zero-order valence-electron chi connectivity index (χ0n) is 15.3. The molecule has 0 aliphatic heterocycles. The van der Waals surface area contributed by atoms with E-state index >= 15 is 0 Å². The molecule has 1 saturated carbocycles. The summed E-state index contributed by atoms with van der Waals surface area (Å²) in [5, 5.41) is 4.08. The molecule has 2 rings (SSSR count). The highest BCUT2D eigenvalue weighted by Crippen LogP contribution is 2.23. The lowest BCUT2D eigenvalue weighted by atomic mass is 10.1. The van der Waals surface area contributed by atoms with Gasteiger partial charge in [0.05, 0.1) is 11.9 Å². The Balaban J connectivity index is 0.000000531. The van der Waals surface area contributed by atoms with Crippen molar-refractivity contribution < 1.29 is 17.4 Å². The van der Waals surface area contributed by atoms with Crippen molar-refractivity contribution in [3.8, 4) is 0 Å². The first-order valence-electron chi connectivity index (χ1n) is 9.43. The maximum Gasteiger partial charge on any atom is 0.267 e. The second-order valence-electron chi connectivity index (χ2n) is 6.51. The Morgan fingerprint density at radius 2 is 1.68 bits per heavy atom. The van der Waals surface area contributed by atoms with Crippen LogP contribution >= 0.6 is 11.3 Å². The third-order valence-electron chi connectivity index (χ3n) is 4.17. The Kier molecular flexibility index (Phi) is 12.0. The lowest BCUT2D eigenvalue weighted by Gasteiger charge is -2.10. The first-order chi connectivity index (χ1) is 12.0. The van der Waals surface area contributed by atoms with Gasteiger partial charge in [0.15, 0.2) is 0 Å². The normalized spacial score (nSPS) is 14.9. The van der Waals surface area contributed by atoms with Crippen LogP contribution in [-0.4, -0.2) is 26.1 Å². The highest BCUT2D eigenvalue weighted by atomic mass is 32.2. The van der Waals surface area contributed by atoms with Crippen molar-refractivity contribution in [1.82, 2.24) is 0 Å². The SMILES string of the molecule is CCCCC(=O)CCCCCS(=O)(=O)OC1CCCC1.c1ccsc1. The van der Waals surface area contributed by atoms with Gasteiger partial charge in [0.25, 0.3) is 10.1 Å². The maximum atomic E-state index is 11.7. The van der Waals surface area contributed by atoms with Gasteiger partial charge in [-0.05, 0) is 42.9 Å². The molecule has 1 heterocycles. The molecule has 1 aliphatic carbocycles. The summed E-state index contributed by atoms with van der Waals surface area (Å²) in [5.41, 5.74) is 0. The molecule has 4 nitrogen and oxygen atoms in total. The van der Waals surface area contributed by atoms with Crippen molar-refractivity contribution in [2.45, 2.75) is 83.7 Å². The van der Waals surface area contributed by atoms with Crippen LogP contribution in [0.25, 0.3) is 0 Å². The van der Waals surface area contributed by atoms with Crippen molar-refractivity contribution in [3.05, 3.63) is 22.9 Å². The van der Waals surface area contributed by atoms with Gasteiger partial charge in [-0.3, -0.25) is 8.98 Å². The van der Waals surface area contributed by atoms with Crippen LogP contribution in [0.1, 0.15) is 77.6 Å². The molecule has 0 spiro atoms. The monoisotopic (exact) mass is 388 g/mol. The molecule has 1 fully saturated rings. The van der Waals surface area contributed by atoms with E-state index < -0.39 is 10.1 Å². The minimum absolute atomic E-state index is 0.0874. The summed E-state index contributed by atoms with van der Waals surface area (Å²) in [6.45, 7) is 2.07. The molecule has 0 atom stereocenters. The third-order valence-corrected chi connectivity index (χ3v) is 6.15. The Labute approximate surface area is 157 Å². The molecule has 0 aromatic carbocycles. The molecule has 1 aromatic rings. The van der Waals surface area contributed by atoms with E-state index in [-0.39, 0.29) is 11.9 Å². The molecule has 144 valence electrons. The Bertz CT molecular complexity index is 515. The van der Waals surface area contributed by atoms with Gasteiger partial charge in [-0.25, -0.2) is 0 Å². The van der Waals surface area contributed by atoms with Crippen molar-refractivity contribution in [2.75, 3.05) is 5.75 Å². The topological polar surface area (TPSA) is 60.4 Å². The minimum atomic E-state index is -3.36. The second-order valence-corrected chi connectivity index (χ2v) is 9.04. The lowest BCUT2D eigenvalue weighted by molar-refractivity contribution is -0.119. The van der Waals surface area contributed by atoms with Crippen LogP contribution in [0.2, 0.25) is 0 Å². The fourth-order valence-electron chi connectivity index (χ4n) is 2.74.